The number of aliphatic hydroxyl groups excluding tert-OH is 1. The SMILES string of the molecule is COC(=O)c1ccc2c(ccn2CCCN2CCC(O)CC2)c1. The van der Waals surface area contributed by atoms with Crippen molar-refractivity contribution in [2.24, 2.45) is 0 Å². The lowest BCUT2D eigenvalue weighted by molar-refractivity contribution is 0.0601. The Morgan fingerprint density at radius 2 is 2.04 bits per heavy atom. The average molecular weight is 316 g/mol. The molecule has 1 aromatic heterocycles. The molecule has 2 heterocycles. The summed E-state index contributed by atoms with van der Waals surface area (Å²) in [6.07, 6.45) is 4.83. The van der Waals surface area contributed by atoms with Gasteiger partial charge in [-0.2, -0.15) is 0 Å². The summed E-state index contributed by atoms with van der Waals surface area (Å²) in [5, 5.41) is 10.6. The predicted molar refractivity (Wildman–Crippen MR) is 89.6 cm³/mol. The summed E-state index contributed by atoms with van der Waals surface area (Å²) in [5.41, 5.74) is 1.73. The number of piperidine rings is 1. The molecule has 0 amide bonds. The predicted octanol–water partition coefficient (Wildman–Crippen LogP) is 2.27. The van der Waals surface area contributed by atoms with Crippen molar-refractivity contribution in [2.45, 2.75) is 31.9 Å². The van der Waals surface area contributed by atoms with Crippen molar-refractivity contribution in [2.75, 3.05) is 26.7 Å². The molecule has 0 radical (unpaired) electrons. The minimum Gasteiger partial charge on any atom is -0.465 e. The number of fused-ring (bicyclic) bond motifs is 1. The Bertz CT molecular complexity index is 672. The van der Waals surface area contributed by atoms with Gasteiger partial charge in [0, 0.05) is 36.7 Å². The van der Waals surface area contributed by atoms with E-state index in [2.05, 4.69) is 15.7 Å². The van der Waals surface area contributed by atoms with E-state index >= 15 is 0 Å². The van der Waals surface area contributed by atoms with Gasteiger partial charge in [0.1, 0.15) is 0 Å². The largest absolute Gasteiger partial charge is 0.465 e. The Hall–Kier alpha value is -1.85. The van der Waals surface area contributed by atoms with E-state index in [9.17, 15) is 9.90 Å². The number of ether oxygens (including phenoxy) is 1. The third-order valence-electron chi connectivity index (χ3n) is 4.62. The van der Waals surface area contributed by atoms with Gasteiger partial charge in [-0.3, -0.25) is 0 Å². The molecule has 1 aliphatic heterocycles. The summed E-state index contributed by atoms with van der Waals surface area (Å²) in [6, 6.07) is 7.72. The Balaban J connectivity index is 1.59. The third-order valence-corrected chi connectivity index (χ3v) is 4.62. The second kappa shape index (κ2) is 7.15. The molecule has 2 aromatic rings. The maximum Gasteiger partial charge on any atom is 0.337 e. The Kier molecular flexibility index (Phi) is 4.98. The second-order valence-electron chi connectivity index (χ2n) is 6.20. The van der Waals surface area contributed by atoms with Crippen molar-refractivity contribution in [3.63, 3.8) is 0 Å². The first-order valence-electron chi connectivity index (χ1n) is 8.25. The maximum absolute atomic E-state index is 11.6. The van der Waals surface area contributed by atoms with Crippen LogP contribution in [-0.2, 0) is 11.3 Å². The quantitative estimate of drug-likeness (QED) is 0.860. The molecule has 1 saturated heterocycles. The van der Waals surface area contributed by atoms with Crippen molar-refractivity contribution in [1.29, 1.82) is 0 Å². The van der Waals surface area contributed by atoms with E-state index in [-0.39, 0.29) is 12.1 Å². The number of rotatable bonds is 5. The van der Waals surface area contributed by atoms with Gasteiger partial charge in [-0.15, -0.1) is 0 Å². The van der Waals surface area contributed by atoms with E-state index in [4.69, 9.17) is 4.74 Å². The van der Waals surface area contributed by atoms with Gasteiger partial charge < -0.3 is 19.3 Å². The van der Waals surface area contributed by atoms with Crippen LogP contribution in [0.1, 0.15) is 29.6 Å². The van der Waals surface area contributed by atoms with Crippen LogP contribution >= 0.6 is 0 Å². The van der Waals surface area contributed by atoms with E-state index in [1.807, 2.05) is 24.3 Å². The second-order valence-corrected chi connectivity index (χ2v) is 6.20. The monoisotopic (exact) mass is 316 g/mol. The van der Waals surface area contributed by atoms with Gasteiger partial charge in [0.15, 0.2) is 0 Å². The number of hydrogen-bond acceptors (Lipinski definition) is 4. The highest BCUT2D eigenvalue weighted by Crippen LogP contribution is 2.19. The lowest BCUT2D eigenvalue weighted by Crippen LogP contribution is -2.36. The smallest absolute Gasteiger partial charge is 0.337 e. The lowest BCUT2D eigenvalue weighted by atomic mass is 10.1. The minimum absolute atomic E-state index is 0.108. The van der Waals surface area contributed by atoms with Crippen molar-refractivity contribution >= 4 is 16.9 Å². The Labute approximate surface area is 136 Å². The molecule has 5 nitrogen and oxygen atoms in total. The zero-order chi connectivity index (χ0) is 16.2. The third kappa shape index (κ3) is 3.74. The first-order chi connectivity index (χ1) is 11.2. The molecular weight excluding hydrogens is 292 g/mol. The van der Waals surface area contributed by atoms with E-state index < -0.39 is 0 Å². The molecule has 1 aliphatic rings. The number of carbonyl (C=O) groups excluding carboxylic acids is 1. The molecule has 1 N–H and O–H groups in total. The van der Waals surface area contributed by atoms with E-state index in [1.165, 1.54) is 7.11 Å². The van der Waals surface area contributed by atoms with Gasteiger partial charge >= 0.3 is 5.97 Å². The number of hydrogen-bond donors (Lipinski definition) is 1. The van der Waals surface area contributed by atoms with Crippen LogP contribution in [-0.4, -0.2) is 53.4 Å². The van der Waals surface area contributed by atoms with Crippen LogP contribution in [0.3, 0.4) is 0 Å². The number of likely N-dealkylation sites (tertiary alicyclic amines) is 1. The van der Waals surface area contributed by atoms with Crippen LogP contribution in [0.5, 0.6) is 0 Å². The lowest BCUT2D eigenvalue weighted by Gasteiger charge is -2.29. The van der Waals surface area contributed by atoms with E-state index in [0.717, 1.165) is 56.3 Å². The van der Waals surface area contributed by atoms with Crippen molar-refractivity contribution in [3.05, 3.63) is 36.0 Å². The van der Waals surface area contributed by atoms with Crippen LogP contribution < -0.4 is 0 Å². The number of nitrogens with zero attached hydrogens (tertiary/aromatic N) is 2. The molecule has 5 heteroatoms. The zero-order valence-electron chi connectivity index (χ0n) is 13.6. The first kappa shape index (κ1) is 16.0. The number of carbonyl (C=O) groups is 1. The van der Waals surface area contributed by atoms with Crippen LogP contribution in [0, 0.1) is 0 Å². The van der Waals surface area contributed by atoms with Crippen molar-refractivity contribution < 1.29 is 14.6 Å². The highest BCUT2D eigenvalue weighted by molar-refractivity contribution is 5.94. The van der Waals surface area contributed by atoms with Crippen molar-refractivity contribution in [1.82, 2.24) is 9.47 Å². The Morgan fingerprint density at radius 1 is 1.26 bits per heavy atom. The normalized spacial score (nSPS) is 16.8. The van der Waals surface area contributed by atoms with Crippen LogP contribution in [0.25, 0.3) is 10.9 Å². The summed E-state index contributed by atoms with van der Waals surface area (Å²) in [5.74, 6) is -0.299. The van der Waals surface area contributed by atoms with E-state index in [1.54, 1.807) is 0 Å². The zero-order valence-corrected chi connectivity index (χ0v) is 13.6. The van der Waals surface area contributed by atoms with Gasteiger partial charge in [0.25, 0.3) is 0 Å². The summed E-state index contributed by atoms with van der Waals surface area (Å²) >= 11 is 0. The minimum atomic E-state index is -0.299. The van der Waals surface area contributed by atoms with Crippen LogP contribution in [0.4, 0.5) is 0 Å². The fraction of sp³-hybridized carbons (Fsp3) is 0.500. The molecule has 1 fully saturated rings. The van der Waals surface area contributed by atoms with Gasteiger partial charge in [-0.05, 0) is 50.1 Å². The highest BCUT2D eigenvalue weighted by atomic mass is 16.5. The molecule has 23 heavy (non-hydrogen) atoms. The topological polar surface area (TPSA) is 54.7 Å². The number of aryl methyl sites for hydroxylation is 1. The molecule has 0 atom stereocenters. The fourth-order valence-electron chi connectivity index (χ4n) is 3.25. The molecule has 3 rings (SSSR count). The molecule has 0 unspecified atom stereocenters. The number of esters is 1. The molecule has 0 bridgehead atoms. The van der Waals surface area contributed by atoms with Gasteiger partial charge in [0.2, 0.25) is 0 Å². The number of benzene rings is 1. The first-order valence-corrected chi connectivity index (χ1v) is 8.25. The maximum atomic E-state index is 11.6. The molecule has 1 aromatic carbocycles. The molecule has 124 valence electrons. The molecule has 0 aliphatic carbocycles. The van der Waals surface area contributed by atoms with E-state index in [0.29, 0.717) is 5.56 Å². The standard InChI is InChI=1S/C18H24N2O3/c1-23-18(22)15-3-4-17-14(13-15)5-12-20(17)9-2-8-19-10-6-16(21)7-11-19/h3-5,12-13,16,21H,2,6-11H2,1H3. The number of aromatic nitrogens is 1. The molecule has 0 saturated carbocycles. The molecule has 0 spiro atoms. The summed E-state index contributed by atoms with van der Waals surface area (Å²) < 4.78 is 6.99. The number of aliphatic hydroxyl groups is 1. The van der Waals surface area contributed by atoms with Crippen LogP contribution in [0.2, 0.25) is 0 Å². The van der Waals surface area contributed by atoms with Gasteiger partial charge in [-0.1, -0.05) is 0 Å². The van der Waals surface area contributed by atoms with Gasteiger partial charge in [0.05, 0.1) is 18.8 Å². The number of methoxy groups -OCH3 is 1. The highest BCUT2D eigenvalue weighted by Gasteiger charge is 2.16. The fourth-order valence-corrected chi connectivity index (χ4v) is 3.25. The van der Waals surface area contributed by atoms with Crippen LogP contribution in [0.15, 0.2) is 30.5 Å². The average Bonchev–Trinajstić information content (AvgIpc) is 2.98. The summed E-state index contributed by atoms with van der Waals surface area (Å²) in [7, 11) is 1.40. The summed E-state index contributed by atoms with van der Waals surface area (Å²) in [4.78, 5) is 14.0. The van der Waals surface area contributed by atoms with Crippen molar-refractivity contribution in [3.8, 4) is 0 Å². The Morgan fingerprint density at radius 3 is 2.78 bits per heavy atom. The van der Waals surface area contributed by atoms with Gasteiger partial charge in [-0.25, -0.2) is 4.79 Å². The molecular formula is C18H24N2O3. The summed E-state index contributed by atoms with van der Waals surface area (Å²) in [6.45, 7) is 4.01.